The van der Waals surface area contributed by atoms with Gasteiger partial charge in [-0.3, -0.25) is 0 Å². The fraction of sp³-hybridized carbons (Fsp3) is 0.800. The van der Waals surface area contributed by atoms with Crippen LogP contribution in [-0.2, 0) is 0 Å². The molecule has 0 spiro atoms. The highest BCUT2D eigenvalue weighted by atomic mass is 16.3. The Morgan fingerprint density at radius 1 is 1.55 bits per heavy atom. The van der Waals surface area contributed by atoms with E-state index in [1.165, 1.54) is 12.0 Å². The highest BCUT2D eigenvalue weighted by Crippen LogP contribution is 2.64. The van der Waals surface area contributed by atoms with Crippen molar-refractivity contribution in [2.45, 2.75) is 33.3 Å². The maximum absolute atomic E-state index is 9.65. The van der Waals surface area contributed by atoms with E-state index in [1.54, 1.807) is 0 Å². The van der Waals surface area contributed by atoms with Gasteiger partial charge < -0.3 is 5.11 Å². The Morgan fingerprint density at radius 3 is 2.73 bits per heavy atom. The zero-order chi connectivity index (χ0) is 8.22. The molecule has 1 heteroatoms. The number of rotatable bonds is 0. The minimum absolute atomic E-state index is 0.163. The van der Waals surface area contributed by atoms with Crippen molar-refractivity contribution in [1.29, 1.82) is 0 Å². The van der Waals surface area contributed by atoms with Crippen LogP contribution in [0.15, 0.2) is 11.6 Å². The smallest absolute Gasteiger partial charge is 0.0759 e. The van der Waals surface area contributed by atoms with E-state index in [1.807, 2.05) is 6.08 Å². The van der Waals surface area contributed by atoms with Crippen LogP contribution >= 0.6 is 0 Å². The topological polar surface area (TPSA) is 20.2 Å². The lowest BCUT2D eigenvalue weighted by Gasteiger charge is -2.12. The van der Waals surface area contributed by atoms with Gasteiger partial charge in [-0.25, -0.2) is 0 Å². The summed E-state index contributed by atoms with van der Waals surface area (Å²) in [6, 6.07) is 0. The quantitative estimate of drug-likeness (QED) is 0.526. The van der Waals surface area contributed by atoms with Gasteiger partial charge in [0.2, 0.25) is 0 Å². The van der Waals surface area contributed by atoms with Crippen LogP contribution in [-0.4, -0.2) is 11.2 Å². The van der Waals surface area contributed by atoms with Crippen LogP contribution in [0, 0.1) is 17.3 Å². The second-order valence-electron chi connectivity index (χ2n) is 4.66. The predicted molar refractivity (Wildman–Crippen MR) is 45.1 cm³/mol. The molecule has 0 radical (unpaired) electrons. The number of hydrogen-bond donors (Lipinski definition) is 1. The van der Waals surface area contributed by atoms with E-state index in [0.29, 0.717) is 11.3 Å². The summed E-state index contributed by atoms with van der Waals surface area (Å²) < 4.78 is 0. The summed E-state index contributed by atoms with van der Waals surface area (Å²) >= 11 is 0. The van der Waals surface area contributed by atoms with E-state index in [9.17, 15) is 5.11 Å². The van der Waals surface area contributed by atoms with Gasteiger partial charge in [0.05, 0.1) is 6.10 Å². The lowest BCUT2D eigenvalue weighted by Crippen LogP contribution is -2.13. The molecule has 2 rings (SSSR count). The second kappa shape index (κ2) is 1.89. The van der Waals surface area contributed by atoms with E-state index in [2.05, 4.69) is 20.8 Å². The third kappa shape index (κ3) is 0.871. The Hall–Kier alpha value is -0.300. The largest absolute Gasteiger partial charge is 0.389 e. The Kier molecular flexibility index (Phi) is 1.26. The minimum Gasteiger partial charge on any atom is -0.389 e. The van der Waals surface area contributed by atoms with Crippen LogP contribution in [0.5, 0.6) is 0 Å². The molecule has 62 valence electrons. The maximum atomic E-state index is 9.65. The average Bonchev–Trinajstić information content (AvgIpc) is 2.34. The number of hydrogen-bond acceptors (Lipinski definition) is 1. The molecule has 0 aromatic heterocycles. The van der Waals surface area contributed by atoms with Crippen molar-refractivity contribution in [2.75, 3.05) is 0 Å². The molecule has 1 N–H and O–H groups in total. The van der Waals surface area contributed by atoms with Crippen LogP contribution in [0.25, 0.3) is 0 Å². The highest BCUT2D eigenvalue weighted by molar-refractivity contribution is 5.23. The summed E-state index contributed by atoms with van der Waals surface area (Å²) in [5.74, 6) is 1.30. The first-order valence-electron chi connectivity index (χ1n) is 4.39. The number of allylic oxidation sites excluding steroid dienone is 1. The molecule has 1 saturated carbocycles. The Balaban J connectivity index is 2.21. The summed E-state index contributed by atoms with van der Waals surface area (Å²) in [5.41, 5.74) is 1.76. The third-order valence-corrected chi connectivity index (χ3v) is 3.50. The van der Waals surface area contributed by atoms with Crippen molar-refractivity contribution in [2.24, 2.45) is 17.3 Å². The first-order chi connectivity index (χ1) is 5.03. The molecular weight excluding hydrogens is 136 g/mol. The summed E-state index contributed by atoms with van der Waals surface area (Å²) in [7, 11) is 0. The second-order valence-corrected chi connectivity index (χ2v) is 4.66. The number of aliphatic hydroxyl groups is 1. The molecular formula is C10H16O. The van der Waals surface area contributed by atoms with Crippen molar-refractivity contribution in [3.8, 4) is 0 Å². The predicted octanol–water partition coefficient (Wildman–Crippen LogP) is 1.97. The molecule has 0 aromatic rings. The number of aliphatic hydroxyl groups excluding tert-OH is 1. The molecule has 1 unspecified atom stereocenters. The van der Waals surface area contributed by atoms with Gasteiger partial charge in [-0.1, -0.05) is 25.5 Å². The zero-order valence-electron chi connectivity index (χ0n) is 7.46. The van der Waals surface area contributed by atoms with Gasteiger partial charge in [0.15, 0.2) is 0 Å². The third-order valence-electron chi connectivity index (χ3n) is 3.50. The molecule has 3 atom stereocenters. The van der Waals surface area contributed by atoms with E-state index >= 15 is 0 Å². The fourth-order valence-electron chi connectivity index (χ4n) is 2.66. The molecule has 0 aromatic carbocycles. The van der Waals surface area contributed by atoms with Crippen LogP contribution in [0.4, 0.5) is 0 Å². The van der Waals surface area contributed by atoms with Gasteiger partial charge in [-0.05, 0) is 30.6 Å². The lowest BCUT2D eigenvalue weighted by atomic mass is 9.99. The standard InChI is InChI=1S/C10H16O/c1-6-4-7-9(8(11)5-6)10(7,2)3/h5,7-9,11H,4H2,1-3H3/t7-,8?,9-/m0/s1. The molecule has 0 bridgehead atoms. The summed E-state index contributed by atoms with van der Waals surface area (Å²) in [5, 5.41) is 9.65. The lowest BCUT2D eigenvalue weighted by molar-refractivity contribution is 0.175. The van der Waals surface area contributed by atoms with Crippen molar-refractivity contribution in [3.63, 3.8) is 0 Å². The summed E-state index contributed by atoms with van der Waals surface area (Å²) in [4.78, 5) is 0. The van der Waals surface area contributed by atoms with E-state index in [-0.39, 0.29) is 6.10 Å². The summed E-state index contributed by atoms with van der Waals surface area (Å²) in [6.45, 7) is 6.64. The molecule has 11 heavy (non-hydrogen) atoms. The van der Waals surface area contributed by atoms with Crippen LogP contribution in [0.1, 0.15) is 27.2 Å². The fourth-order valence-corrected chi connectivity index (χ4v) is 2.66. The molecule has 1 fully saturated rings. The minimum atomic E-state index is -0.163. The monoisotopic (exact) mass is 152 g/mol. The molecule has 0 saturated heterocycles. The molecule has 1 nitrogen and oxygen atoms in total. The molecule has 0 amide bonds. The van der Waals surface area contributed by atoms with Gasteiger partial charge in [0.1, 0.15) is 0 Å². The van der Waals surface area contributed by atoms with Crippen LogP contribution < -0.4 is 0 Å². The van der Waals surface area contributed by atoms with Gasteiger partial charge in [-0.2, -0.15) is 0 Å². The molecule has 2 aliphatic rings. The first kappa shape index (κ1) is 7.35. The van der Waals surface area contributed by atoms with Crippen molar-refractivity contribution < 1.29 is 5.11 Å². The van der Waals surface area contributed by atoms with Crippen molar-refractivity contribution in [1.82, 2.24) is 0 Å². The maximum Gasteiger partial charge on any atom is 0.0759 e. The highest BCUT2D eigenvalue weighted by Gasteiger charge is 2.61. The average molecular weight is 152 g/mol. The Morgan fingerprint density at radius 2 is 2.18 bits per heavy atom. The van der Waals surface area contributed by atoms with Gasteiger partial charge >= 0.3 is 0 Å². The summed E-state index contributed by atoms with van der Waals surface area (Å²) in [6.07, 6.45) is 3.06. The van der Waals surface area contributed by atoms with Crippen molar-refractivity contribution in [3.05, 3.63) is 11.6 Å². The molecule has 2 aliphatic carbocycles. The van der Waals surface area contributed by atoms with Crippen molar-refractivity contribution >= 4 is 0 Å². The van der Waals surface area contributed by atoms with Crippen LogP contribution in [0.2, 0.25) is 0 Å². The zero-order valence-corrected chi connectivity index (χ0v) is 7.46. The SMILES string of the molecule is CC1=CC(O)[C@@H]2[C@H](C1)C2(C)C. The van der Waals surface area contributed by atoms with Gasteiger partial charge in [0.25, 0.3) is 0 Å². The van der Waals surface area contributed by atoms with Gasteiger partial charge in [-0.15, -0.1) is 0 Å². The molecule has 0 heterocycles. The number of fused-ring (bicyclic) bond motifs is 1. The van der Waals surface area contributed by atoms with E-state index in [0.717, 1.165) is 5.92 Å². The van der Waals surface area contributed by atoms with E-state index < -0.39 is 0 Å². The first-order valence-corrected chi connectivity index (χ1v) is 4.39. The Labute approximate surface area is 68.1 Å². The Bertz CT molecular complexity index is 215. The van der Waals surface area contributed by atoms with E-state index in [4.69, 9.17) is 0 Å². The molecule has 0 aliphatic heterocycles. The van der Waals surface area contributed by atoms with Gasteiger partial charge in [0, 0.05) is 0 Å². The van der Waals surface area contributed by atoms with Crippen LogP contribution in [0.3, 0.4) is 0 Å². The normalized spacial score (nSPS) is 46.2.